The van der Waals surface area contributed by atoms with Crippen molar-refractivity contribution in [3.8, 4) is 5.75 Å². The average molecular weight is 1120 g/mol. The number of hydrogen-bond donors (Lipinski definition) is 4. The lowest BCUT2D eigenvalue weighted by Crippen LogP contribution is -2.62. The average Bonchev–Trinajstić information content (AvgIpc) is 4.16. The van der Waals surface area contributed by atoms with Gasteiger partial charge >= 0.3 is 11.9 Å². The minimum Gasteiger partial charge on any atom is -0.497 e. The maximum absolute atomic E-state index is 15.1. The lowest BCUT2D eigenvalue weighted by Gasteiger charge is -2.36. The minimum atomic E-state index is -1.76. The van der Waals surface area contributed by atoms with Crippen LogP contribution in [0.5, 0.6) is 5.75 Å². The molecule has 1 unspecified atom stereocenters. The van der Waals surface area contributed by atoms with Crippen molar-refractivity contribution < 1.29 is 72.1 Å². The summed E-state index contributed by atoms with van der Waals surface area (Å²) in [5.41, 5.74) is -0.785. The monoisotopic (exact) mass is 1120 g/mol. The van der Waals surface area contributed by atoms with Crippen LogP contribution in [0.15, 0.2) is 24.3 Å². The number of methoxy groups -OCH3 is 1. The van der Waals surface area contributed by atoms with Gasteiger partial charge in [-0.1, -0.05) is 73.9 Å². The zero-order chi connectivity index (χ0) is 59.7. The molecule has 4 saturated heterocycles. The minimum absolute atomic E-state index is 0.0376. The maximum atomic E-state index is 15.1. The van der Waals surface area contributed by atoms with Crippen molar-refractivity contribution in [3.05, 3.63) is 29.8 Å². The van der Waals surface area contributed by atoms with Gasteiger partial charge < -0.3 is 54.9 Å². The van der Waals surface area contributed by atoms with Crippen molar-refractivity contribution in [2.75, 3.05) is 33.8 Å². The number of benzene rings is 1. The largest absolute Gasteiger partial charge is 0.497 e. The van der Waals surface area contributed by atoms with Crippen molar-refractivity contribution in [1.82, 2.24) is 35.6 Å². The fraction of sp³-hybridized carbons (Fsp3) is 0.707. The molecule has 7 amide bonds. The van der Waals surface area contributed by atoms with E-state index in [4.69, 9.17) is 14.2 Å². The second-order valence-corrected chi connectivity index (χ2v) is 23.5. The number of amides is 7. The number of Topliss-reactive ketones (excluding diaryl/α,β-unsaturated/α-hetero) is 2. The number of likely N-dealkylation sites (N-methyl/N-ethyl adjacent to an activating group) is 1. The predicted octanol–water partition coefficient (Wildman–Crippen LogP) is 2.67. The number of ketones is 2. The Balaban J connectivity index is 1.63. The number of likely N-dealkylation sites (tertiary alicyclic amines) is 2. The Morgan fingerprint density at radius 1 is 0.850 bits per heavy atom. The number of fused-ring (bicyclic) bond motifs is 1. The van der Waals surface area contributed by atoms with Crippen LogP contribution in [0.4, 0.5) is 0 Å². The summed E-state index contributed by atoms with van der Waals surface area (Å²) in [6.45, 7) is 18.3. The second-order valence-electron chi connectivity index (χ2n) is 23.5. The molecule has 5 rings (SSSR count). The Kier molecular flexibility index (Phi) is 22.4. The Bertz CT molecular complexity index is 2470. The van der Waals surface area contributed by atoms with E-state index in [0.29, 0.717) is 30.6 Å². The molecule has 4 fully saturated rings. The Morgan fingerprint density at radius 2 is 1.51 bits per heavy atom. The second kappa shape index (κ2) is 27.8. The van der Waals surface area contributed by atoms with Gasteiger partial charge in [-0.3, -0.25) is 47.9 Å². The number of carbonyl (C=O) groups excluding carboxylic acids is 11. The highest BCUT2D eigenvalue weighted by atomic mass is 16.6. The van der Waals surface area contributed by atoms with Crippen molar-refractivity contribution in [3.63, 3.8) is 0 Å². The first-order valence-electron chi connectivity index (χ1n) is 28.4. The van der Waals surface area contributed by atoms with E-state index in [2.05, 4.69) is 16.0 Å². The number of hydrogen-bond acceptors (Lipinski definition) is 15. The van der Waals surface area contributed by atoms with Gasteiger partial charge in [-0.15, -0.1) is 0 Å². The number of aliphatic hydroxyl groups is 1. The van der Waals surface area contributed by atoms with Crippen molar-refractivity contribution in [2.45, 2.75) is 200 Å². The van der Waals surface area contributed by atoms with Gasteiger partial charge in [0.25, 0.3) is 5.91 Å². The lowest BCUT2D eigenvalue weighted by molar-refractivity contribution is -0.163. The molecule has 0 bridgehead atoms. The maximum Gasteiger partial charge on any atom is 0.329 e. The Morgan fingerprint density at radius 3 is 2.10 bits per heavy atom. The van der Waals surface area contributed by atoms with E-state index in [1.807, 2.05) is 27.7 Å². The van der Waals surface area contributed by atoms with E-state index >= 15 is 9.59 Å². The van der Waals surface area contributed by atoms with Crippen LogP contribution in [-0.4, -0.2) is 183 Å². The number of aliphatic hydroxyl groups excluding tert-OH is 1. The number of ether oxygens (including phenoxy) is 3. The van der Waals surface area contributed by atoms with Crippen molar-refractivity contribution in [2.24, 2.45) is 29.6 Å². The molecule has 0 radical (unpaired) electrons. The van der Waals surface area contributed by atoms with Crippen LogP contribution in [0.3, 0.4) is 0 Å². The highest BCUT2D eigenvalue weighted by Gasteiger charge is 2.57. The first kappa shape index (κ1) is 64.4. The molecule has 0 aliphatic carbocycles. The molecule has 1 aromatic rings. The first-order valence-corrected chi connectivity index (χ1v) is 28.4. The molecular weight excluding hydrogens is 1030 g/mol. The van der Waals surface area contributed by atoms with E-state index in [-0.39, 0.29) is 70.0 Å². The highest BCUT2D eigenvalue weighted by molar-refractivity contribution is 6.35. The van der Waals surface area contributed by atoms with Gasteiger partial charge in [0.2, 0.25) is 41.2 Å². The normalized spacial score (nSPS) is 28.9. The highest BCUT2D eigenvalue weighted by Crippen LogP contribution is 2.40. The molecule has 4 aliphatic heterocycles. The van der Waals surface area contributed by atoms with Crippen molar-refractivity contribution in [1.29, 1.82) is 0 Å². The molecule has 1 aromatic carbocycles. The number of nitrogens with zero attached hydrogens (tertiary/aromatic N) is 4. The number of nitrogens with one attached hydrogen (secondary N) is 3. The van der Waals surface area contributed by atoms with E-state index in [1.165, 1.54) is 47.6 Å². The third kappa shape index (κ3) is 14.9. The summed E-state index contributed by atoms with van der Waals surface area (Å²) in [6, 6.07) is -1.17. The number of cyclic esters (lactones) is 2. The van der Waals surface area contributed by atoms with Gasteiger partial charge in [0.05, 0.1) is 31.6 Å². The molecule has 22 heteroatoms. The fourth-order valence-corrected chi connectivity index (χ4v) is 11.5. The van der Waals surface area contributed by atoms with E-state index in [9.17, 15) is 48.3 Å². The van der Waals surface area contributed by atoms with Gasteiger partial charge in [-0.25, -0.2) is 4.79 Å². The standard InChI is InChI=1S/C58H87N7O15/c1-14-34(8)46-44(67)30-45(68)80-49(33(6)7)48(69)35(9)50(70)59-40(27-31(2)3)54(74)63-24-15-17-41(63)55(75)62(12)43(29-38-18-20-39(78-13)21-19-38)56(76)79-37(11)47(52(72)60-46)61-51(71)42(28-32(4)5)64-26-23-58(57(64)77)22-16-25-65(58)53(73)36(10)66/h18-21,31-35,37,40-44,46-47,49,67H,14-17,22-30H2,1-13H3,(H,59,70)(H,60,72)(H,61,71)/t34-,35-,37+,40-,41-,42+,43-,44-,46+,47-,49-,58?/m0/s1. The Labute approximate surface area is 470 Å². The van der Waals surface area contributed by atoms with Crippen LogP contribution >= 0.6 is 0 Å². The topological polar surface area (TPSA) is 285 Å². The summed E-state index contributed by atoms with van der Waals surface area (Å²) < 4.78 is 17.3. The van der Waals surface area contributed by atoms with Crippen molar-refractivity contribution >= 4 is 64.9 Å². The molecule has 1 spiro atoms. The Hall–Kier alpha value is -6.45. The third-order valence-electron chi connectivity index (χ3n) is 16.3. The van der Waals surface area contributed by atoms with Gasteiger partial charge in [0, 0.05) is 40.0 Å². The molecule has 0 saturated carbocycles. The summed E-state index contributed by atoms with van der Waals surface area (Å²) in [7, 11) is 2.89. The van der Waals surface area contributed by atoms with Crippen LogP contribution in [0.1, 0.15) is 140 Å². The van der Waals surface area contributed by atoms with Crippen LogP contribution < -0.4 is 20.7 Å². The quantitative estimate of drug-likeness (QED) is 0.118. The fourth-order valence-electron chi connectivity index (χ4n) is 11.5. The molecule has 444 valence electrons. The van der Waals surface area contributed by atoms with Gasteiger partial charge in [-0.05, 0) is 100 Å². The number of esters is 2. The molecule has 22 nitrogen and oxygen atoms in total. The SMILES string of the molecule is CC[C@H](C)[C@H]1NC(=O)[C@@H](NC(=O)[C@@H](CC(C)C)N2CCC3(CCCN3C(=O)C(C)=O)C2=O)[C@@H](C)OC(=O)[C@H](Cc2ccc(OC)cc2)N(C)C(=O)[C@@H]2CCCN2C(=O)[C@H](CC(C)C)NC(=O)[C@@H](C)C(=O)[C@H](C(C)C)OC(=O)C[C@@H]1O. The predicted molar refractivity (Wildman–Crippen MR) is 292 cm³/mol. The molecule has 12 atom stereocenters. The lowest BCUT2D eigenvalue weighted by atomic mass is 9.91. The first-order chi connectivity index (χ1) is 37.6. The van der Waals surface area contributed by atoms with Gasteiger partial charge in [0.15, 0.2) is 11.9 Å². The third-order valence-corrected chi connectivity index (χ3v) is 16.3. The number of carbonyl (C=O) groups is 11. The van der Waals surface area contributed by atoms with Crippen LogP contribution in [-0.2, 0) is 68.6 Å². The molecule has 4 heterocycles. The van der Waals surface area contributed by atoms with E-state index in [1.54, 1.807) is 52.0 Å². The molecule has 0 aromatic heterocycles. The summed E-state index contributed by atoms with van der Waals surface area (Å²) in [5, 5.41) is 20.2. The summed E-state index contributed by atoms with van der Waals surface area (Å²) in [5.74, 6) is -11.1. The molecule has 4 aliphatic rings. The number of rotatable bonds is 14. The van der Waals surface area contributed by atoms with Crippen LogP contribution in [0, 0.1) is 29.6 Å². The van der Waals surface area contributed by atoms with Gasteiger partial charge in [-0.2, -0.15) is 0 Å². The van der Waals surface area contributed by atoms with E-state index < -0.39 is 149 Å². The summed E-state index contributed by atoms with van der Waals surface area (Å²) in [6.07, 6.45) is -3.48. The van der Waals surface area contributed by atoms with Crippen LogP contribution in [0.25, 0.3) is 0 Å². The molecular formula is C58H87N7O15. The smallest absolute Gasteiger partial charge is 0.329 e. The summed E-state index contributed by atoms with van der Waals surface area (Å²) in [4.78, 5) is 162. The molecule has 4 N–H and O–H groups in total. The zero-order valence-electron chi connectivity index (χ0n) is 49.0. The van der Waals surface area contributed by atoms with Crippen LogP contribution in [0.2, 0.25) is 0 Å². The van der Waals surface area contributed by atoms with E-state index in [0.717, 1.165) is 6.92 Å². The van der Waals surface area contributed by atoms with Gasteiger partial charge in [0.1, 0.15) is 47.6 Å². The zero-order valence-corrected chi connectivity index (χ0v) is 49.0. The molecule has 80 heavy (non-hydrogen) atoms. The summed E-state index contributed by atoms with van der Waals surface area (Å²) >= 11 is 0.